The molecule has 0 saturated carbocycles. The van der Waals surface area contributed by atoms with Crippen LogP contribution in [0.4, 0.5) is 5.69 Å². The summed E-state index contributed by atoms with van der Waals surface area (Å²) in [6.07, 6.45) is 0. The predicted octanol–water partition coefficient (Wildman–Crippen LogP) is 2.50. The van der Waals surface area contributed by atoms with Crippen molar-refractivity contribution >= 4 is 16.8 Å². The topological polar surface area (TPSA) is 91.2 Å². The number of nitro groups is 1. The van der Waals surface area contributed by atoms with Crippen LogP contribution >= 0.6 is 0 Å². The minimum absolute atomic E-state index is 0.0520. The standard InChI is InChI=1S/C14H11N3O4/c1-8-6-12(18)21-14-13(8)9(2)15-16(14)10-4-3-5-11(7-10)17(19)20/h3-7H,1-2H3. The van der Waals surface area contributed by atoms with Crippen LogP contribution in [0.2, 0.25) is 0 Å². The summed E-state index contributed by atoms with van der Waals surface area (Å²) < 4.78 is 6.63. The maximum atomic E-state index is 11.6. The van der Waals surface area contributed by atoms with Crippen LogP contribution in [0.5, 0.6) is 0 Å². The predicted molar refractivity (Wildman–Crippen MR) is 75.7 cm³/mol. The zero-order valence-corrected chi connectivity index (χ0v) is 11.4. The van der Waals surface area contributed by atoms with Crippen molar-refractivity contribution in [2.45, 2.75) is 13.8 Å². The fourth-order valence-corrected chi connectivity index (χ4v) is 2.34. The largest absolute Gasteiger partial charge is 0.403 e. The first-order chi connectivity index (χ1) is 9.97. The van der Waals surface area contributed by atoms with Gasteiger partial charge in [0.1, 0.15) is 0 Å². The van der Waals surface area contributed by atoms with E-state index in [1.54, 1.807) is 26.0 Å². The molecule has 21 heavy (non-hydrogen) atoms. The van der Waals surface area contributed by atoms with Gasteiger partial charge < -0.3 is 4.42 Å². The third kappa shape index (κ3) is 2.08. The number of nitrogens with zero attached hydrogens (tertiary/aromatic N) is 3. The Balaban J connectivity index is 2.33. The first kappa shape index (κ1) is 13.0. The number of aromatic nitrogens is 2. The van der Waals surface area contributed by atoms with Gasteiger partial charge in [-0.15, -0.1) is 0 Å². The highest BCUT2D eigenvalue weighted by Crippen LogP contribution is 2.25. The third-order valence-electron chi connectivity index (χ3n) is 3.23. The lowest BCUT2D eigenvalue weighted by Crippen LogP contribution is -2.02. The molecule has 0 unspecified atom stereocenters. The van der Waals surface area contributed by atoms with Crippen LogP contribution in [0.3, 0.4) is 0 Å². The zero-order valence-electron chi connectivity index (χ0n) is 11.4. The second kappa shape index (κ2) is 4.55. The van der Waals surface area contributed by atoms with Gasteiger partial charge in [-0.3, -0.25) is 10.1 Å². The van der Waals surface area contributed by atoms with Gasteiger partial charge in [0.05, 0.1) is 21.7 Å². The Kier molecular flexibility index (Phi) is 2.83. The van der Waals surface area contributed by atoms with E-state index in [0.29, 0.717) is 11.4 Å². The fraction of sp³-hybridized carbons (Fsp3) is 0.143. The molecule has 7 heteroatoms. The van der Waals surface area contributed by atoms with Gasteiger partial charge in [-0.1, -0.05) is 6.07 Å². The maximum Gasteiger partial charge on any atom is 0.337 e. The number of non-ortho nitro benzene ring substituents is 1. The molecule has 106 valence electrons. The first-order valence-electron chi connectivity index (χ1n) is 6.22. The second-order valence-corrected chi connectivity index (χ2v) is 4.70. The Hall–Kier alpha value is -2.96. The maximum absolute atomic E-state index is 11.6. The Morgan fingerprint density at radius 3 is 2.76 bits per heavy atom. The molecule has 1 aromatic carbocycles. The lowest BCUT2D eigenvalue weighted by molar-refractivity contribution is -0.384. The molecule has 0 atom stereocenters. The molecule has 0 N–H and O–H groups in total. The van der Waals surface area contributed by atoms with Gasteiger partial charge in [-0.2, -0.15) is 9.78 Å². The molecule has 7 nitrogen and oxygen atoms in total. The Morgan fingerprint density at radius 1 is 1.29 bits per heavy atom. The van der Waals surface area contributed by atoms with E-state index in [-0.39, 0.29) is 11.4 Å². The molecule has 2 heterocycles. The molecule has 3 aromatic rings. The van der Waals surface area contributed by atoms with Crippen LogP contribution in [0.25, 0.3) is 16.8 Å². The summed E-state index contributed by atoms with van der Waals surface area (Å²) in [5.41, 5.74) is 1.68. The molecule has 2 aromatic heterocycles. The number of aryl methyl sites for hydroxylation is 2. The zero-order chi connectivity index (χ0) is 15.1. The summed E-state index contributed by atoms with van der Waals surface area (Å²) in [7, 11) is 0. The van der Waals surface area contributed by atoms with Gasteiger partial charge in [0, 0.05) is 18.2 Å². The fourth-order valence-electron chi connectivity index (χ4n) is 2.34. The van der Waals surface area contributed by atoms with E-state index < -0.39 is 10.5 Å². The normalized spacial score (nSPS) is 11.0. The molecule has 0 radical (unpaired) electrons. The first-order valence-corrected chi connectivity index (χ1v) is 6.22. The quantitative estimate of drug-likeness (QED) is 0.533. The second-order valence-electron chi connectivity index (χ2n) is 4.70. The van der Waals surface area contributed by atoms with Crippen LogP contribution in [0.1, 0.15) is 11.3 Å². The lowest BCUT2D eigenvalue weighted by Gasteiger charge is -2.02. The van der Waals surface area contributed by atoms with Gasteiger partial charge >= 0.3 is 5.63 Å². The number of hydrogen-bond acceptors (Lipinski definition) is 5. The van der Waals surface area contributed by atoms with Gasteiger partial charge in [-0.25, -0.2) is 4.79 Å². The van der Waals surface area contributed by atoms with Crippen molar-refractivity contribution in [2.75, 3.05) is 0 Å². The summed E-state index contributed by atoms with van der Waals surface area (Å²) in [6, 6.07) is 7.40. The number of fused-ring (bicyclic) bond motifs is 1. The molecular weight excluding hydrogens is 274 g/mol. The smallest absolute Gasteiger partial charge is 0.337 e. The summed E-state index contributed by atoms with van der Waals surface area (Å²) in [6.45, 7) is 3.59. The minimum atomic E-state index is -0.483. The molecule has 0 saturated heterocycles. The number of rotatable bonds is 2. The van der Waals surface area contributed by atoms with Gasteiger partial charge in [0.15, 0.2) is 0 Å². The van der Waals surface area contributed by atoms with Crippen LogP contribution in [-0.2, 0) is 0 Å². The van der Waals surface area contributed by atoms with Gasteiger partial charge in [0.25, 0.3) is 5.69 Å². The highest BCUT2D eigenvalue weighted by atomic mass is 16.6. The van der Waals surface area contributed by atoms with Crippen molar-refractivity contribution in [3.8, 4) is 5.69 Å². The molecular formula is C14H11N3O4. The SMILES string of the molecule is Cc1cc(=O)oc2c1c(C)nn2-c1cccc([N+](=O)[O-])c1. The van der Waals surface area contributed by atoms with E-state index in [0.717, 1.165) is 10.9 Å². The Labute approximate surface area is 118 Å². The van der Waals surface area contributed by atoms with Crippen molar-refractivity contribution in [3.05, 3.63) is 62.1 Å². The molecule has 0 aliphatic heterocycles. The van der Waals surface area contributed by atoms with E-state index in [1.807, 2.05) is 0 Å². The van der Waals surface area contributed by atoms with Crippen LogP contribution in [0.15, 0.2) is 39.5 Å². The van der Waals surface area contributed by atoms with Crippen molar-refractivity contribution in [3.63, 3.8) is 0 Å². The Morgan fingerprint density at radius 2 is 2.05 bits per heavy atom. The number of benzene rings is 1. The van der Waals surface area contributed by atoms with Gasteiger partial charge in [-0.05, 0) is 25.5 Å². The Bertz CT molecular complexity index is 924. The number of nitro benzene ring substituents is 1. The summed E-state index contributed by atoms with van der Waals surface area (Å²) in [5.74, 6) is 0. The van der Waals surface area contributed by atoms with E-state index in [1.165, 1.54) is 22.9 Å². The molecule has 0 amide bonds. The lowest BCUT2D eigenvalue weighted by atomic mass is 10.2. The molecule has 0 spiro atoms. The van der Waals surface area contributed by atoms with Crippen LogP contribution in [0, 0.1) is 24.0 Å². The molecule has 0 bridgehead atoms. The van der Waals surface area contributed by atoms with Crippen molar-refractivity contribution < 1.29 is 9.34 Å². The van der Waals surface area contributed by atoms with Gasteiger partial charge in [0.2, 0.25) is 5.71 Å². The average Bonchev–Trinajstić information content (AvgIpc) is 2.76. The highest BCUT2D eigenvalue weighted by molar-refractivity contribution is 5.81. The molecule has 0 fully saturated rings. The van der Waals surface area contributed by atoms with Crippen molar-refractivity contribution in [1.82, 2.24) is 9.78 Å². The minimum Gasteiger partial charge on any atom is -0.403 e. The van der Waals surface area contributed by atoms with Crippen molar-refractivity contribution in [2.24, 2.45) is 0 Å². The van der Waals surface area contributed by atoms with Crippen LogP contribution in [-0.4, -0.2) is 14.7 Å². The summed E-state index contributed by atoms with van der Waals surface area (Å²) in [5, 5.41) is 15.9. The summed E-state index contributed by atoms with van der Waals surface area (Å²) in [4.78, 5) is 21.9. The summed E-state index contributed by atoms with van der Waals surface area (Å²) >= 11 is 0. The average molecular weight is 285 g/mol. The monoisotopic (exact) mass is 285 g/mol. The van der Waals surface area contributed by atoms with E-state index in [9.17, 15) is 14.9 Å². The van der Waals surface area contributed by atoms with Crippen LogP contribution < -0.4 is 5.63 Å². The number of hydrogen-bond donors (Lipinski definition) is 0. The highest BCUT2D eigenvalue weighted by Gasteiger charge is 2.16. The van der Waals surface area contributed by atoms with E-state index >= 15 is 0 Å². The van der Waals surface area contributed by atoms with Crippen molar-refractivity contribution in [1.29, 1.82) is 0 Å². The molecule has 3 rings (SSSR count). The van der Waals surface area contributed by atoms with E-state index in [2.05, 4.69) is 5.10 Å². The third-order valence-corrected chi connectivity index (χ3v) is 3.23. The molecule has 0 aliphatic rings. The molecule has 0 aliphatic carbocycles. The van der Waals surface area contributed by atoms with E-state index in [4.69, 9.17) is 4.42 Å².